The fourth-order valence-corrected chi connectivity index (χ4v) is 2.70. The summed E-state index contributed by atoms with van der Waals surface area (Å²) in [5.41, 5.74) is 0.699. The molecule has 0 unspecified atom stereocenters. The van der Waals surface area contributed by atoms with Gasteiger partial charge in [0.1, 0.15) is 5.39 Å². The van der Waals surface area contributed by atoms with Gasteiger partial charge < -0.3 is 4.57 Å². The molecule has 0 aromatic carbocycles. The predicted molar refractivity (Wildman–Crippen MR) is 65.8 cm³/mol. The summed E-state index contributed by atoms with van der Waals surface area (Å²) >= 11 is 3.86. The Morgan fingerprint density at radius 3 is 2.94 bits per heavy atom. The highest BCUT2D eigenvalue weighted by atomic mass is 32.1. The van der Waals surface area contributed by atoms with Crippen LogP contribution < -0.4 is 5.56 Å². The molecule has 17 heavy (non-hydrogen) atoms. The van der Waals surface area contributed by atoms with Crippen molar-refractivity contribution in [3.8, 4) is 0 Å². The maximum atomic E-state index is 14.2. The van der Waals surface area contributed by atoms with Gasteiger partial charge >= 0.3 is 0 Å². The molecule has 3 rings (SSSR count). The number of fused-ring (bicyclic) bond motifs is 3. The van der Waals surface area contributed by atoms with Gasteiger partial charge in [0, 0.05) is 6.54 Å². The van der Waals surface area contributed by atoms with E-state index in [1.165, 1.54) is 6.20 Å². The van der Waals surface area contributed by atoms with Gasteiger partial charge in [-0.25, -0.2) is 4.39 Å². The smallest absolute Gasteiger partial charge is 0.289 e. The standard InChI is InChI=1S/C11H12FN3OS/c1-11(2)3-6-9(12)8-7(14(6)5-11)4-13-15(17)10(8)16/h4,17H,3,5H2,1-2H3. The van der Waals surface area contributed by atoms with Crippen LogP contribution in [0.1, 0.15) is 19.5 Å². The van der Waals surface area contributed by atoms with E-state index in [1.54, 1.807) is 0 Å². The summed E-state index contributed by atoms with van der Waals surface area (Å²) in [6.45, 7) is 4.87. The molecule has 90 valence electrons. The van der Waals surface area contributed by atoms with Crippen LogP contribution >= 0.6 is 12.8 Å². The zero-order valence-electron chi connectivity index (χ0n) is 9.57. The molecule has 0 radical (unpaired) electrons. The molecule has 1 aliphatic rings. The molecule has 0 saturated heterocycles. The van der Waals surface area contributed by atoms with Crippen LogP contribution in [0.4, 0.5) is 4.39 Å². The molecule has 0 amide bonds. The minimum Gasteiger partial charge on any atom is -0.340 e. The molecule has 0 saturated carbocycles. The van der Waals surface area contributed by atoms with Gasteiger partial charge in [-0.3, -0.25) is 4.79 Å². The van der Waals surface area contributed by atoms with Crippen LogP contribution in [0.3, 0.4) is 0 Å². The van der Waals surface area contributed by atoms with Gasteiger partial charge in [-0.05, 0) is 24.7 Å². The Morgan fingerprint density at radius 2 is 2.24 bits per heavy atom. The molecule has 0 bridgehead atoms. The fraction of sp³-hybridized carbons (Fsp3) is 0.455. The Balaban J connectivity index is 2.41. The van der Waals surface area contributed by atoms with Crippen molar-refractivity contribution in [3.05, 3.63) is 28.1 Å². The van der Waals surface area contributed by atoms with E-state index in [-0.39, 0.29) is 10.8 Å². The Bertz CT molecular complexity index is 686. The van der Waals surface area contributed by atoms with Crippen molar-refractivity contribution in [2.75, 3.05) is 0 Å². The molecule has 0 N–H and O–H groups in total. The quantitative estimate of drug-likeness (QED) is 0.725. The normalized spacial score (nSPS) is 17.6. The summed E-state index contributed by atoms with van der Waals surface area (Å²) in [6, 6.07) is 0. The second-order valence-corrected chi connectivity index (χ2v) is 5.67. The van der Waals surface area contributed by atoms with E-state index in [0.717, 1.165) is 4.09 Å². The van der Waals surface area contributed by atoms with Gasteiger partial charge in [-0.1, -0.05) is 13.8 Å². The first-order valence-corrected chi connectivity index (χ1v) is 5.79. The maximum absolute atomic E-state index is 14.2. The van der Waals surface area contributed by atoms with Gasteiger partial charge in [-0.2, -0.15) is 9.19 Å². The van der Waals surface area contributed by atoms with Crippen molar-refractivity contribution in [1.82, 2.24) is 13.8 Å². The number of rotatable bonds is 0. The van der Waals surface area contributed by atoms with Gasteiger partial charge in [0.2, 0.25) is 0 Å². The minimum absolute atomic E-state index is 0.0280. The number of aromatic nitrogens is 3. The Labute approximate surface area is 103 Å². The molecule has 0 aliphatic carbocycles. The van der Waals surface area contributed by atoms with Crippen LogP contribution in [0.15, 0.2) is 11.0 Å². The lowest BCUT2D eigenvalue weighted by Crippen LogP contribution is -2.18. The van der Waals surface area contributed by atoms with Crippen molar-refractivity contribution in [1.29, 1.82) is 0 Å². The lowest BCUT2D eigenvalue weighted by Gasteiger charge is -2.15. The Hall–Kier alpha value is -1.30. The first-order chi connectivity index (χ1) is 7.91. The second-order valence-electron chi connectivity index (χ2n) is 5.29. The molecule has 2 aromatic heterocycles. The summed E-state index contributed by atoms with van der Waals surface area (Å²) in [6.07, 6.45) is 2.14. The topological polar surface area (TPSA) is 39.8 Å². The number of halogens is 1. The van der Waals surface area contributed by atoms with E-state index < -0.39 is 11.4 Å². The van der Waals surface area contributed by atoms with Crippen LogP contribution in [0.2, 0.25) is 0 Å². The number of nitrogens with zero attached hydrogens (tertiary/aromatic N) is 3. The zero-order valence-corrected chi connectivity index (χ0v) is 10.5. The maximum Gasteiger partial charge on any atom is 0.289 e. The molecule has 0 spiro atoms. The van der Waals surface area contributed by atoms with E-state index in [2.05, 4.69) is 31.8 Å². The average molecular weight is 253 g/mol. The lowest BCUT2D eigenvalue weighted by molar-refractivity contribution is 0.361. The van der Waals surface area contributed by atoms with Crippen molar-refractivity contribution >= 4 is 23.7 Å². The Morgan fingerprint density at radius 1 is 1.53 bits per heavy atom. The van der Waals surface area contributed by atoms with Crippen LogP contribution in [0.5, 0.6) is 0 Å². The van der Waals surface area contributed by atoms with E-state index in [4.69, 9.17) is 0 Å². The lowest BCUT2D eigenvalue weighted by atomic mass is 9.91. The van der Waals surface area contributed by atoms with Gasteiger partial charge in [-0.15, -0.1) is 0 Å². The van der Waals surface area contributed by atoms with E-state index >= 15 is 0 Å². The van der Waals surface area contributed by atoms with Crippen LogP contribution in [-0.4, -0.2) is 13.8 Å². The molecule has 4 nitrogen and oxygen atoms in total. The molecule has 2 aromatic rings. The second kappa shape index (κ2) is 3.13. The third-order valence-electron chi connectivity index (χ3n) is 3.26. The molecule has 0 atom stereocenters. The first kappa shape index (κ1) is 10.8. The van der Waals surface area contributed by atoms with Crippen LogP contribution in [0, 0.1) is 11.2 Å². The Kier molecular flexibility index (Phi) is 1.99. The highest BCUT2D eigenvalue weighted by molar-refractivity contribution is 7.78. The fourth-order valence-electron chi connectivity index (χ4n) is 2.55. The molecule has 0 fully saturated rings. The molecule has 6 heteroatoms. The summed E-state index contributed by atoms with van der Waals surface area (Å²) < 4.78 is 16.9. The number of hydrogen-bond acceptors (Lipinski definition) is 3. The summed E-state index contributed by atoms with van der Waals surface area (Å²) in [7, 11) is 0. The highest BCUT2D eigenvalue weighted by Gasteiger charge is 2.34. The zero-order chi connectivity index (χ0) is 12.4. The van der Waals surface area contributed by atoms with E-state index in [9.17, 15) is 9.18 Å². The van der Waals surface area contributed by atoms with E-state index in [0.29, 0.717) is 24.2 Å². The molecule has 3 heterocycles. The highest BCUT2D eigenvalue weighted by Crippen LogP contribution is 2.37. The van der Waals surface area contributed by atoms with Crippen molar-refractivity contribution in [3.63, 3.8) is 0 Å². The minimum atomic E-state index is -0.497. The summed E-state index contributed by atoms with van der Waals surface area (Å²) in [4.78, 5) is 11.8. The SMILES string of the molecule is CC1(C)Cc2c(F)c3c(=O)n(S)ncc3n2C1. The largest absolute Gasteiger partial charge is 0.340 e. The molecular formula is C11H12FN3OS. The number of hydrogen-bond donors (Lipinski definition) is 1. The monoisotopic (exact) mass is 253 g/mol. The van der Waals surface area contributed by atoms with Gasteiger partial charge in [0.15, 0.2) is 5.82 Å². The van der Waals surface area contributed by atoms with Gasteiger partial charge in [0.25, 0.3) is 5.56 Å². The van der Waals surface area contributed by atoms with Crippen molar-refractivity contribution in [2.45, 2.75) is 26.8 Å². The third kappa shape index (κ3) is 1.36. The third-order valence-corrected chi connectivity index (χ3v) is 3.55. The average Bonchev–Trinajstić information content (AvgIpc) is 2.67. The van der Waals surface area contributed by atoms with Crippen molar-refractivity contribution in [2.24, 2.45) is 5.41 Å². The number of thiol groups is 1. The molecule has 1 aliphatic heterocycles. The predicted octanol–water partition coefficient (Wildman–Crippen LogP) is 1.61. The van der Waals surface area contributed by atoms with Gasteiger partial charge in [0.05, 0.1) is 17.4 Å². The van der Waals surface area contributed by atoms with Crippen LogP contribution in [0.25, 0.3) is 10.9 Å². The molecular weight excluding hydrogens is 241 g/mol. The summed E-state index contributed by atoms with van der Waals surface area (Å²) in [5, 5.41) is 3.92. The van der Waals surface area contributed by atoms with Crippen molar-refractivity contribution < 1.29 is 4.39 Å². The summed E-state index contributed by atoms with van der Waals surface area (Å²) in [5.74, 6) is -0.416. The first-order valence-electron chi connectivity index (χ1n) is 5.39. The van der Waals surface area contributed by atoms with Crippen LogP contribution in [-0.2, 0) is 13.0 Å². The van der Waals surface area contributed by atoms with E-state index in [1.807, 2.05) is 4.57 Å².